The SMILES string of the molecule is Cc1cnn(CCNc2cc(Br)nc(C(C)(C)C)n2)c1. The molecule has 0 spiro atoms. The molecular weight excluding hydrogens is 318 g/mol. The van der Waals surface area contributed by atoms with Gasteiger partial charge >= 0.3 is 0 Å². The Bertz CT molecular complexity index is 585. The number of nitrogens with zero attached hydrogens (tertiary/aromatic N) is 4. The van der Waals surface area contributed by atoms with E-state index in [4.69, 9.17) is 0 Å². The fourth-order valence-corrected chi connectivity index (χ4v) is 2.12. The minimum Gasteiger partial charge on any atom is -0.368 e. The highest BCUT2D eigenvalue weighted by Gasteiger charge is 2.18. The summed E-state index contributed by atoms with van der Waals surface area (Å²) in [5, 5.41) is 7.57. The largest absolute Gasteiger partial charge is 0.368 e. The normalized spacial score (nSPS) is 11.7. The van der Waals surface area contributed by atoms with Crippen molar-refractivity contribution in [2.75, 3.05) is 11.9 Å². The molecule has 20 heavy (non-hydrogen) atoms. The molecule has 0 aliphatic rings. The Morgan fingerprint density at radius 2 is 2.05 bits per heavy atom. The van der Waals surface area contributed by atoms with E-state index >= 15 is 0 Å². The number of hydrogen-bond acceptors (Lipinski definition) is 4. The summed E-state index contributed by atoms with van der Waals surface area (Å²) < 4.78 is 2.72. The van der Waals surface area contributed by atoms with Crippen LogP contribution in [0.4, 0.5) is 5.82 Å². The monoisotopic (exact) mass is 337 g/mol. The molecule has 6 heteroatoms. The first-order chi connectivity index (χ1) is 9.34. The van der Waals surface area contributed by atoms with Gasteiger partial charge in [-0.1, -0.05) is 20.8 Å². The second kappa shape index (κ2) is 5.91. The molecule has 0 radical (unpaired) electrons. The molecule has 0 saturated carbocycles. The first-order valence-corrected chi connectivity index (χ1v) is 7.42. The van der Waals surface area contributed by atoms with E-state index < -0.39 is 0 Å². The molecule has 0 saturated heterocycles. The number of rotatable bonds is 4. The molecule has 0 aliphatic heterocycles. The first-order valence-electron chi connectivity index (χ1n) is 6.62. The van der Waals surface area contributed by atoms with Gasteiger partial charge in [-0.25, -0.2) is 9.97 Å². The van der Waals surface area contributed by atoms with Crippen molar-refractivity contribution in [1.29, 1.82) is 0 Å². The van der Waals surface area contributed by atoms with E-state index in [2.05, 4.69) is 57.1 Å². The van der Waals surface area contributed by atoms with E-state index in [0.717, 1.165) is 29.3 Å². The van der Waals surface area contributed by atoms with Crippen molar-refractivity contribution < 1.29 is 0 Å². The van der Waals surface area contributed by atoms with Gasteiger partial charge in [0.15, 0.2) is 0 Å². The van der Waals surface area contributed by atoms with Crippen LogP contribution in [-0.2, 0) is 12.0 Å². The van der Waals surface area contributed by atoms with Gasteiger partial charge in [-0.2, -0.15) is 5.10 Å². The maximum atomic E-state index is 4.56. The summed E-state index contributed by atoms with van der Waals surface area (Å²) in [6.45, 7) is 9.92. The van der Waals surface area contributed by atoms with Gasteiger partial charge in [0.05, 0.1) is 12.7 Å². The highest BCUT2D eigenvalue weighted by molar-refractivity contribution is 9.10. The second-order valence-electron chi connectivity index (χ2n) is 5.86. The Morgan fingerprint density at radius 3 is 2.65 bits per heavy atom. The predicted molar refractivity (Wildman–Crippen MR) is 83.9 cm³/mol. The minimum atomic E-state index is -0.0701. The van der Waals surface area contributed by atoms with E-state index in [1.54, 1.807) is 0 Å². The standard InChI is InChI=1S/C14H20BrN5/c1-10-8-17-20(9-10)6-5-16-12-7-11(15)18-13(19-12)14(2,3)4/h7-9H,5-6H2,1-4H3,(H,16,18,19). The van der Waals surface area contributed by atoms with Crippen LogP contribution in [0.2, 0.25) is 0 Å². The van der Waals surface area contributed by atoms with Gasteiger partial charge in [-0.15, -0.1) is 0 Å². The van der Waals surface area contributed by atoms with Crippen molar-refractivity contribution in [3.8, 4) is 0 Å². The van der Waals surface area contributed by atoms with Crippen LogP contribution in [-0.4, -0.2) is 26.3 Å². The molecule has 0 amide bonds. The van der Waals surface area contributed by atoms with E-state index in [9.17, 15) is 0 Å². The van der Waals surface area contributed by atoms with Gasteiger partial charge in [0.25, 0.3) is 0 Å². The van der Waals surface area contributed by atoms with Crippen LogP contribution in [0.3, 0.4) is 0 Å². The lowest BCUT2D eigenvalue weighted by Gasteiger charge is -2.18. The molecule has 5 nitrogen and oxygen atoms in total. The smallest absolute Gasteiger partial charge is 0.137 e. The number of nitrogens with one attached hydrogen (secondary N) is 1. The Labute approximate surface area is 128 Å². The molecule has 0 bridgehead atoms. The third-order valence-electron chi connectivity index (χ3n) is 2.78. The molecule has 0 fully saturated rings. The molecule has 0 aromatic carbocycles. The maximum Gasteiger partial charge on any atom is 0.137 e. The lowest BCUT2D eigenvalue weighted by atomic mass is 9.96. The number of aryl methyl sites for hydroxylation is 1. The molecule has 1 N–H and O–H groups in total. The van der Waals surface area contributed by atoms with Gasteiger partial charge in [0, 0.05) is 24.2 Å². The molecule has 2 rings (SSSR count). The van der Waals surface area contributed by atoms with E-state index in [1.807, 2.05) is 30.1 Å². The van der Waals surface area contributed by atoms with E-state index in [1.165, 1.54) is 5.56 Å². The lowest BCUT2D eigenvalue weighted by Crippen LogP contribution is -2.18. The average molecular weight is 338 g/mol. The summed E-state index contributed by atoms with van der Waals surface area (Å²) in [6, 6.07) is 1.89. The van der Waals surface area contributed by atoms with Crippen molar-refractivity contribution >= 4 is 21.7 Å². The van der Waals surface area contributed by atoms with Crippen LogP contribution in [0, 0.1) is 6.92 Å². The fourth-order valence-electron chi connectivity index (χ4n) is 1.73. The fraction of sp³-hybridized carbons (Fsp3) is 0.500. The highest BCUT2D eigenvalue weighted by atomic mass is 79.9. The summed E-state index contributed by atoms with van der Waals surface area (Å²) in [4.78, 5) is 8.98. The van der Waals surface area contributed by atoms with Crippen LogP contribution in [0.1, 0.15) is 32.2 Å². The zero-order valence-electron chi connectivity index (χ0n) is 12.3. The molecule has 2 aromatic heterocycles. The molecule has 0 unspecified atom stereocenters. The second-order valence-corrected chi connectivity index (χ2v) is 6.67. The van der Waals surface area contributed by atoms with E-state index in [-0.39, 0.29) is 5.41 Å². The molecule has 0 atom stereocenters. The van der Waals surface area contributed by atoms with Crippen LogP contribution in [0.25, 0.3) is 0 Å². The molecule has 2 heterocycles. The van der Waals surface area contributed by atoms with E-state index in [0.29, 0.717) is 0 Å². The van der Waals surface area contributed by atoms with Crippen molar-refractivity contribution in [1.82, 2.24) is 19.7 Å². The van der Waals surface area contributed by atoms with Crippen molar-refractivity contribution in [3.05, 3.63) is 34.5 Å². The number of halogens is 1. The molecular formula is C14H20BrN5. The number of anilines is 1. The van der Waals surface area contributed by atoms with Crippen LogP contribution >= 0.6 is 15.9 Å². The zero-order valence-corrected chi connectivity index (χ0v) is 13.9. The highest BCUT2D eigenvalue weighted by Crippen LogP contribution is 2.22. The summed E-state index contributed by atoms with van der Waals surface area (Å²) in [5.41, 5.74) is 1.10. The topological polar surface area (TPSA) is 55.6 Å². The van der Waals surface area contributed by atoms with Gasteiger partial charge < -0.3 is 5.32 Å². The van der Waals surface area contributed by atoms with Crippen LogP contribution < -0.4 is 5.32 Å². The average Bonchev–Trinajstić information content (AvgIpc) is 2.73. The van der Waals surface area contributed by atoms with Crippen LogP contribution in [0.15, 0.2) is 23.1 Å². The van der Waals surface area contributed by atoms with Crippen molar-refractivity contribution in [2.24, 2.45) is 0 Å². The Hall–Kier alpha value is -1.43. The summed E-state index contributed by atoms with van der Waals surface area (Å²) in [6.07, 6.45) is 3.89. The maximum absolute atomic E-state index is 4.56. The molecule has 0 aliphatic carbocycles. The number of aromatic nitrogens is 4. The Kier molecular flexibility index (Phi) is 4.42. The quantitative estimate of drug-likeness (QED) is 0.870. The van der Waals surface area contributed by atoms with Crippen LogP contribution in [0.5, 0.6) is 0 Å². The van der Waals surface area contributed by atoms with Crippen molar-refractivity contribution in [2.45, 2.75) is 39.7 Å². The van der Waals surface area contributed by atoms with Crippen molar-refractivity contribution in [3.63, 3.8) is 0 Å². The van der Waals surface area contributed by atoms with Gasteiger partial charge in [0.2, 0.25) is 0 Å². The zero-order chi connectivity index (χ0) is 14.8. The Balaban J connectivity index is 2.00. The minimum absolute atomic E-state index is 0.0701. The van der Waals surface area contributed by atoms with Gasteiger partial charge in [-0.3, -0.25) is 4.68 Å². The number of hydrogen-bond donors (Lipinski definition) is 1. The van der Waals surface area contributed by atoms with Gasteiger partial charge in [0.1, 0.15) is 16.2 Å². The lowest BCUT2D eigenvalue weighted by molar-refractivity contribution is 0.543. The summed E-state index contributed by atoms with van der Waals surface area (Å²) in [7, 11) is 0. The summed E-state index contributed by atoms with van der Waals surface area (Å²) in [5.74, 6) is 1.66. The molecule has 108 valence electrons. The molecule has 2 aromatic rings. The summed E-state index contributed by atoms with van der Waals surface area (Å²) >= 11 is 3.44. The predicted octanol–water partition coefficient (Wildman–Crippen LogP) is 3.15. The first kappa shape index (κ1) is 15.0. The third kappa shape index (κ3) is 4.03. The Morgan fingerprint density at radius 1 is 1.30 bits per heavy atom. The van der Waals surface area contributed by atoms with Gasteiger partial charge in [-0.05, 0) is 28.4 Å². The third-order valence-corrected chi connectivity index (χ3v) is 3.18.